The van der Waals surface area contributed by atoms with Crippen molar-refractivity contribution < 1.29 is 14.3 Å². The molecule has 6 nitrogen and oxygen atoms in total. The number of amides is 1. The summed E-state index contributed by atoms with van der Waals surface area (Å²) in [6, 6.07) is 6.19. The number of fused-ring (bicyclic) bond motifs is 1. The van der Waals surface area contributed by atoms with Crippen LogP contribution >= 0.6 is 23.2 Å². The number of hydrogen-bond donors (Lipinski definition) is 0. The molecule has 5 rings (SSSR count). The first-order valence-corrected chi connectivity index (χ1v) is 12.7. The summed E-state index contributed by atoms with van der Waals surface area (Å²) in [5.41, 5.74) is 0.915. The summed E-state index contributed by atoms with van der Waals surface area (Å²) in [5, 5.41) is 1.02. The first-order chi connectivity index (χ1) is 15.6. The van der Waals surface area contributed by atoms with Crippen molar-refractivity contribution in [3.63, 3.8) is 0 Å². The Bertz CT molecular complexity index is 816. The summed E-state index contributed by atoms with van der Waals surface area (Å²) in [7, 11) is 0. The van der Waals surface area contributed by atoms with E-state index >= 15 is 0 Å². The van der Waals surface area contributed by atoms with Gasteiger partial charge in [-0.3, -0.25) is 14.6 Å². The lowest BCUT2D eigenvalue weighted by Crippen LogP contribution is -2.71. The Kier molecular flexibility index (Phi) is 7.27. The van der Waals surface area contributed by atoms with E-state index in [1.165, 1.54) is 12.8 Å². The predicted molar refractivity (Wildman–Crippen MR) is 125 cm³/mol. The predicted octanol–water partition coefficient (Wildman–Crippen LogP) is 2.95. The fraction of sp³-hybridized carbons (Fsp3) is 0.708. The molecule has 3 atom stereocenters. The molecular formula is C24H33Cl2N3O3. The minimum absolute atomic E-state index is 0.170. The summed E-state index contributed by atoms with van der Waals surface area (Å²) < 4.78 is 11.5. The van der Waals surface area contributed by atoms with Crippen LogP contribution in [-0.4, -0.2) is 97.9 Å². The standard InChI is InChI=1S/C24H33Cl2N3O3/c25-19-4-3-17(11-20(19)26)12-23(30)29-10-9-28(8-5-18-13-31-14-18)22-16-32-15-21(24(22)29)27-6-1-2-7-27/h3-4,11,18,21-22,24H,1-2,5-10,12-16H2/t21?,22?,24-/m1/s1. The number of nitrogens with zero attached hydrogens (tertiary/aromatic N) is 3. The zero-order valence-electron chi connectivity index (χ0n) is 18.6. The highest BCUT2D eigenvalue weighted by Gasteiger charge is 2.47. The van der Waals surface area contributed by atoms with Gasteiger partial charge in [-0.2, -0.15) is 0 Å². The topological polar surface area (TPSA) is 45.3 Å². The molecule has 4 heterocycles. The van der Waals surface area contributed by atoms with Crippen molar-refractivity contribution >= 4 is 29.1 Å². The highest BCUT2D eigenvalue weighted by atomic mass is 35.5. The third kappa shape index (κ3) is 4.82. The Morgan fingerprint density at radius 2 is 1.69 bits per heavy atom. The van der Waals surface area contributed by atoms with E-state index in [9.17, 15) is 4.79 Å². The van der Waals surface area contributed by atoms with Crippen molar-refractivity contribution in [2.45, 2.75) is 43.8 Å². The van der Waals surface area contributed by atoms with E-state index < -0.39 is 0 Å². The molecule has 0 aliphatic carbocycles. The van der Waals surface area contributed by atoms with Crippen LogP contribution in [0.3, 0.4) is 0 Å². The largest absolute Gasteiger partial charge is 0.381 e. The lowest BCUT2D eigenvalue weighted by atomic mass is 9.90. The van der Waals surface area contributed by atoms with Crippen molar-refractivity contribution in [3.05, 3.63) is 33.8 Å². The van der Waals surface area contributed by atoms with Gasteiger partial charge in [0.25, 0.3) is 0 Å². The van der Waals surface area contributed by atoms with Crippen LogP contribution in [0.2, 0.25) is 10.0 Å². The number of benzene rings is 1. The van der Waals surface area contributed by atoms with Crippen LogP contribution < -0.4 is 0 Å². The molecule has 2 unspecified atom stereocenters. The molecule has 0 bridgehead atoms. The van der Waals surface area contributed by atoms with Gasteiger partial charge < -0.3 is 14.4 Å². The van der Waals surface area contributed by atoms with E-state index in [-0.39, 0.29) is 24.0 Å². The van der Waals surface area contributed by atoms with Crippen molar-refractivity contribution in [3.8, 4) is 0 Å². The van der Waals surface area contributed by atoms with Crippen molar-refractivity contribution in [2.75, 3.05) is 59.2 Å². The molecular weight excluding hydrogens is 449 g/mol. The van der Waals surface area contributed by atoms with Crippen LogP contribution in [0.25, 0.3) is 0 Å². The molecule has 1 aromatic rings. The third-order valence-electron chi connectivity index (χ3n) is 7.62. The highest BCUT2D eigenvalue weighted by molar-refractivity contribution is 6.42. The second kappa shape index (κ2) is 10.2. The van der Waals surface area contributed by atoms with Gasteiger partial charge in [-0.05, 0) is 56.6 Å². The third-order valence-corrected chi connectivity index (χ3v) is 8.36. The molecule has 4 aliphatic heterocycles. The molecule has 0 radical (unpaired) electrons. The van der Waals surface area contributed by atoms with Gasteiger partial charge in [0.1, 0.15) is 0 Å². The Balaban J connectivity index is 1.34. The lowest BCUT2D eigenvalue weighted by molar-refractivity contribution is -0.153. The number of hydrogen-bond acceptors (Lipinski definition) is 5. The maximum Gasteiger partial charge on any atom is 0.227 e. The van der Waals surface area contributed by atoms with Crippen LogP contribution in [0.4, 0.5) is 0 Å². The van der Waals surface area contributed by atoms with Gasteiger partial charge in [-0.15, -0.1) is 0 Å². The first-order valence-electron chi connectivity index (χ1n) is 12.0. The summed E-state index contributed by atoms with van der Waals surface area (Å²) in [6.07, 6.45) is 3.98. The molecule has 4 saturated heterocycles. The summed E-state index contributed by atoms with van der Waals surface area (Å²) in [6.45, 7) is 8.13. The van der Waals surface area contributed by atoms with Crippen LogP contribution in [0, 0.1) is 5.92 Å². The number of halogens is 2. The SMILES string of the molecule is O=C(Cc1ccc(Cl)c(Cl)c1)N1CCN(CCC2COC2)C2COCC(N3CCCC3)[C@H]21. The smallest absolute Gasteiger partial charge is 0.227 e. The van der Waals surface area contributed by atoms with Gasteiger partial charge in [0.05, 0.1) is 61.0 Å². The molecule has 0 saturated carbocycles. The molecule has 1 amide bonds. The quantitative estimate of drug-likeness (QED) is 0.624. The molecule has 8 heteroatoms. The maximum absolute atomic E-state index is 13.6. The maximum atomic E-state index is 13.6. The minimum Gasteiger partial charge on any atom is -0.381 e. The molecule has 176 valence electrons. The zero-order valence-corrected chi connectivity index (χ0v) is 20.1. The normalized spacial score (nSPS) is 29.7. The summed E-state index contributed by atoms with van der Waals surface area (Å²) in [4.78, 5) is 20.8. The molecule has 0 aromatic heterocycles. The van der Waals surface area contributed by atoms with Gasteiger partial charge in [0.15, 0.2) is 0 Å². The second-order valence-electron chi connectivity index (χ2n) is 9.65. The van der Waals surface area contributed by atoms with Gasteiger partial charge >= 0.3 is 0 Å². The van der Waals surface area contributed by atoms with Crippen LogP contribution in [-0.2, 0) is 20.7 Å². The Morgan fingerprint density at radius 1 is 0.938 bits per heavy atom. The Labute approximate surface area is 200 Å². The molecule has 4 aliphatic rings. The van der Waals surface area contributed by atoms with E-state index in [0.29, 0.717) is 35.6 Å². The average Bonchev–Trinajstić information content (AvgIpc) is 3.29. The van der Waals surface area contributed by atoms with E-state index in [1.54, 1.807) is 6.07 Å². The minimum atomic E-state index is 0.170. The van der Waals surface area contributed by atoms with Crippen molar-refractivity contribution in [1.82, 2.24) is 14.7 Å². The van der Waals surface area contributed by atoms with E-state index in [0.717, 1.165) is 57.9 Å². The van der Waals surface area contributed by atoms with E-state index in [2.05, 4.69) is 14.7 Å². The van der Waals surface area contributed by atoms with Gasteiger partial charge in [0, 0.05) is 19.0 Å². The number of ether oxygens (including phenoxy) is 2. The second-order valence-corrected chi connectivity index (χ2v) is 10.5. The van der Waals surface area contributed by atoms with Crippen LogP contribution in [0.5, 0.6) is 0 Å². The van der Waals surface area contributed by atoms with Gasteiger partial charge in [-0.25, -0.2) is 0 Å². The van der Waals surface area contributed by atoms with Crippen LogP contribution in [0.1, 0.15) is 24.8 Å². The lowest BCUT2D eigenvalue weighted by Gasteiger charge is -2.54. The number of piperazine rings is 1. The number of carbonyl (C=O) groups excluding carboxylic acids is 1. The molecule has 0 N–H and O–H groups in total. The molecule has 4 fully saturated rings. The van der Waals surface area contributed by atoms with Gasteiger partial charge in [-0.1, -0.05) is 29.3 Å². The average molecular weight is 482 g/mol. The van der Waals surface area contributed by atoms with Crippen LogP contribution in [0.15, 0.2) is 18.2 Å². The Morgan fingerprint density at radius 3 is 2.41 bits per heavy atom. The molecule has 32 heavy (non-hydrogen) atoms. The monoisotopic (exact) mass is 481 g/mol. The molecule has 1 aromatic carbocycles. The zero-order chi connectivity index (χ0) is 22.1. The fourth-order valence-electron chi connectivity index (χ4n) is 5.74. The van der Waals surface area contributed by atoms with Crippen molar-refractivity contribution in [2.24, 2.45) is 5.92 Å². The number of carbonyl (C=O) groups is 1. The van der Waals surface area contributed by atoms with Crippen molar-refractivity contribution in [1.29, 1.82) is 0 Å². The highest BCUT2D eigenvalue weighted by Crippen LogP contribution is 2.31. The van der Waals surface area contributed by atoms with Gasteiger partial charge in [0.2, 0.25) is 5.91 Å². The summed E-state index contributed by atoms with van der Waals surface area (Å²) in [5.74, 6) is 0.859. The van der Waals surface area contributed by atoms with E-state index in [1.807, 2.05) is 12.1 Å². The number of rotatable bonds is 6. The summed E-state index contributed by atoms with van der Waals surface area (Å²) >= 11 is 12.3. The fourth-order valence-corrected chi connectivity index (χ4v) is 6.06. The number of likely N-dealkylation sites (tertiary alicyclic amines) is 1. The molecule has 0 spiro atoms. The van der Waals surface area contributed by atoms with E-state index in [4.69, 9.17) is 32.7 Å². The first kappa shape index (κ1) is 22.9. The Hall–Kier alpha value is -0.890.